The number of nitrogens with zero attached hydrogens (tertiary/aromatic N) is 9. The molecule has 16 nitrogen and oxygen atoms in total. The smallest absolute Gasteiger partial charge is 0.329 e. The maximum atomic E-state index is 15.7. The summed E-state index contributed by atoms with van der Waals surface area (Å²) >= 11 is 1.15. The van der Waals surface area contributed by atoms with Crippen LogP contribution in [0.4, 0.5) is 35.2 Å². The number of carbonyl (C=O) groups is 2. The number of hydrogen-bond acceptors (Lipinski definition) is 13. The third-order valence-corrected chi connectivity index (χ3v) is 15.2. The van der Waals surface area contributed by atoms with Crippen LogP contribution in [-0.4, -0.2) is 111 Å². The largest absolute Gasteiger partial charge is 0.453 e. The number of alkyl halides is 1. The van der Waals surface area contributed by atoms with Crippen LogP contribution in [-0.2, 0) is 16.6 Å². The fourth-order valence-corrected chi connectivity index (χ4v) is 11.6. The second-order valence-electron chi connectivity index (χ2n) is 18.4. The fraction of sp³-hybridized carbons (Fsp3) is 0.467. The molecule has 7 heterocycles. The van der Waals surface area contributed by atoms with Gasteiger partial charge in [-0.3, -0.25) is 29.1 Å². The molecule has 338 valence electrons. The van der Waals surface area contributed by atoms with Gasteiger partial charge in [-0.25, -0.2) is 27.3 Å². The van der Waals surface area contributed by atoms with Crippen molar-refractivity contribution >= 4 is 63.1 Å². The minimum absolute atomic E-state index is 0.0561. The standard InChI is InChI=1S/C45H46F3N11O5S/c1-54-37-16-38(34(48)15-31(37)41(52-54)58-11-7-39(60)51-43(58)62)56-23-44(24-56)17-27(18-44)55-12-8-45(9-13-55)19-28(22-63-45)59-25-50-35-4-2-29(14-30(35)42(59)61)64-40-32(20-49)36(5-3-33(40)47)53-65-57-10-6-26(46)21-57/h2-5,14-16,25-28,53H,6-13,17-19,21-24H2,1H3,(H,51,60,62). The Morgan fingerprint density at radius 2 is 1.80 bits per heavy atom. The Hall–Kier alpha value is -5.88. The number of aromatic nitrogens is 4. The number of urea groups is 1. The fourth-order valence-electron chi connectivity index (χ4n) is 10.8. The first kappa shape index (κ1) is 41.8. The van der Waals surface area contributed by atoms with Crippen molar-refractivity contribution in [3.05, 3.63) is 76.3 Å². The van der Waals surface area contributed by atoms with Crippen LogP contribution in [0.15, 0.2) is 53.6 Å². The molecule has 3 aromatic carbocycles. The number of nitrogens with one attached hydrogen (secondary N) is 2. The number of imide groups is 1. The number of likely N-dealkylation sites (tertiary alicyclic amines) is 1. The molecule has 2 spiro atoms. The Morgan fingerprint density at radius 1 is 0.985 bits per heavy atom. The average molecular weight is 910 g/mol. The van der Waals surface area contributed by atoms with E-state index in [1.807, 2.05) is 6.07 Å². The van der Waals surface area contributed by atoms with Crippen molar-refractivity contribution in [3.8, 4) is 17.6 Å². The molecule has 1 aliphatic carbocycles. The van der Waals surface area contributed by atoms with Crippen LogP contribution in [0.3, 0.4) is 0 Å². The van der Waals surface area contributed by atoms with Crippen LogP contribution < -0.4 is 30.1 Å². The zero-order valence-electron chi connectivity index (χ0n) is 35.6. The van der Waals surface area contributed by atoms with Gasteiger partial charge in [-0.1, -0.05) is 0 Å². The van der Waals surface area contributed by atoms with Crippen molar-refractivity contribution in [1.29, 1.82) is 5.26 Å². The van der Waals surface area contributed by atoms with Gasteiger partial charge in [-0.2, -0.15) is 10.4 Å². The highest BCUT2D eigenvalue weighted by atomic mass is 32.2. The van der Waals surface area contributed by atoms with E-state index >= 15 is 8.78 Å². The molecule has 3 amide bonds. The van der Waals surface area contributed by atoms with Crippen LogP contribution in [0.5, 0.6) is 11.5 Å². The highest BCUT2D eigenvalue weighted by Gasteiger charge is 2.55. The quantitative estimate of drug-likeness (QED) is 0.162. The maximum absolute atomic E-state index is 15.7. The monoisotopic (exact) mass is 909 g/mol. The lowest BCUT2D eigenvalue weighted by molar-refractivity contribution is -0.120. The summed E-state index contributed by atoms with van der Waals surface area (Å²) in [5.41, 5.74) is 1.48. The summed E-state index contributed by atoms with van der Waals surface area (Å²) in [7, 11) is 1.77. The van der Waals surface area contributed by atoms with Crippen molar-refractivity contribution < 1.29 is 32.2 Å². The molecule has 1 saturated carbocycles. The van der Waals surface area contributed by atoms with Gasteiger partial charge in [0.05, 0.1) is 52.4 Å². The van der Waals surface area contributed by atoms with Gasteiger partial charge in [-0.05, 0) is 81.0 Å². The number of anilines is 3. The number of aryl methyl sites for hydroxylation is 1. The summed E-state index contributed by atoms with van der Waals surface area (Å²) in [6.45, 7) is 4.65. The third-order valence-electron chi connectivity index (χ3n) is 14.3. The van der Waals surface area contributed by atoms with Crippen LogP contribution in [0, 0.1) is 28.4 Å². The van der Waals surface area contributed by atoms with Crippen LogP contribution in [0.25, 0.3) is 21.8 Å². The lowest BCUT2D eigenvalue weighted by Crippen LogP contribution is -2.67. The van der Waals surface area contributed by atoms with Crippen molar-refractivity contribution in [2.24, 2.45) is 12.5 Å². The zero-order chi connectivity index (χ0) is 44.8. The van der Waals surface area contributed by atoms with Gasteiger partial charge in [0.2, 0.25) is 5.91 Å². The predicted octanol–water partition coefficient (Wildman–Crippen LogP) is 6.16. The summed E-state index contributed by atoms with van der Waals surface area (Å²) in [4.78, 5) is 48.8. The van der Waals surface area contributed by atoms with E-state index in [0.29, 0.717) is 71.0 Å². The number of amides is 3. The normalized spacial score (nSPS) is 23.3. The van der Waals surface area contributed by atoms with Gasteiger partial charge in [0.1, 0.15) is 29.4 Å². The molecule has 2 unspecified atom stereocenters. The molecular weight excluding hydrogens is 864 g/mol. The number of halogens is 3. The molecule has 11 rings (SSSR count). The lowest BCUT2D eigenvalue weighted by Gasteiger charge is -2.62. The first-order valence-corrected chi connectivity index (χ1v) is 22.8. The van der Waals surface area contributed by atoms with Crippen molar-refractivity contribution in [3.63, 3.8) is 0 Å². The number of nitriles is 1. The molecule has 0 bridgehead atoms. The molecule has 20 heteroatoms. The van der Waals surface area contributed by atoms with Crippen LogP contribution >= 0.6 is 12.1 Å². The second kappa shape index (κ2) is 15.9. The number of benzene rings is 3. The second-order valence-corrected chi connectivity index (χ2v) is 19.3. The first-order chi connectivity index (χ1) is 31.4. The number of ether oxygens (including phenoxy) is 2. The highest BCUT2D eigenvalue weighted by Crippen LogP contribution is 2.53. The summed E-state index contributed by atoms with van der Waals surface area (Å²) in [6.07, 6.45) is 5.66. The van der Waals surface area contributed by atoms with Crippen molar-refractivity contribution in [2.75, 3.05) is 66.9 Å². The molecule has 2 aromatic heterocycles. The molecule has 6 fully saturated rings. The Bertz CT molecular complexity index is 2870. The van der Waals surface area contributed by atoms with E-state index in [0.717, 1.165) is 64.0 Å². The molecular formula is C45H46F3N11O5S. The number of piperidine rings is 1. The van der Waals surface area contributed by atoms with Crippen molar-refractivity contribution in [1.82, 2.24) is 33.9 Å². The van der Waals surface area contributed by atoms with E-state index in [2.05, 4.69) is 29.9 Å². The molecule has 5 saturated heterocycles. The van der Waals surface area contributed by atoms with Gasteiger partial charge in [0, 0.05) is 88.3 Å². The lowest BCUT2D eigenvalue weighted by atomic mass is 9.59. The summed E-state index contributed by atoms with van der Waals surface area (Å²) in [5, 5.41) is 17.6. The number of rotatable bonds is 9. The Balaban J connectivity index is 0.702. The van der Waals surface area contributed by atoms with Crippen molar-refractivity contribution in [2.45, 2.75) is 68.8 Å². The van der Waals surface area contributed by atoms with E-state index in [1.54, 1.807) is 45.1 Å². The molecule has 5 aromatic rings. The molecule has 2 atom stereocenters. The van der Waals surface area contributed by atoms with Gasteiger partial charge in [-0.15, -0.1) is 0 Å². The Labute approximate surface area is 375 Å². The molecule has 2 N–H and O–H groups in total. The number of carbonyl (C=O) groups excluding carboxylic acids is 2. The molecule has 65 heavy (non-hydrogen) atoms. The summed E-state index contributed by atoms with van der Waals surface area (Å²) in [6, 6.07) is 12.3. The SMILES string of the molecule is Cn1nc(N2CCC(=O)NC2=O)c2cc(F)c(N3CC4(CC(N5CCC6(CC5)CC(n5cnc7ccc(Oc8c(F)ccc(NSN9CCC(F)C9)c8C#N)cc7c5=O)CO6)C4)C3)cc21. The minimum Gasteiger partial charge on any atom is -0.453 e. The maximum Gasteiger partial charge on any atom is 0.329 e. The average Bonchev–Trinajstić information content (AvgIpc) is 3.97. The Morgan fingerprint density at radius 3 is 2.55 bits per heavy atom. The van der Waals surface area contributed by atoms with Gasteiger partial charge >= 0.3 is 6.03 Å². The van der Waals surface area contributed by atoms with E-state index in [9.17, 15) is 24.0 Å². The van der Waals surface area contributed by atoms with Crippen LogP contribution in [0.2, 0.25) is 0 Å². The van der Waals surface area contributed by atoms with Crippen LogP contribution in [0.1, 0.15) is 56.6 Å². The molecule has 5 aliphatic heterocycles. The zero-order valence-corrected chi connectivity index (χ0v) is 36.4. The summed E-state index contributed by atoms with van der Waals surface area (Å²) < 4.78 is 65.1. The van der Waals surface area contributed by atoms with Gasteiger partial charge in [0.25, 0.3) is 5.56 Å². The van der Waals surface area contributed by atoms with E-state index in [-0.39, 0.29) is 70.9 Å². The molecule has 6 aliphatic rings. The highest BCUT2D eigenvalue weighted by molar-refractivity contribution is 7.98. The first-order valence-electron chi connectivity index (χ1n) is 22.0. The van der Waals surface area contributed by atoms with E-state index in [1.165, 1.54) is 29.2 Å². The predicted molar refractivity (Wildman–Crippen MR) is 236 cm³/mol. The third kappa shape index (κ3) is 7.41. The Kier molecular flexibility index (Phi) is 10.2. The van der Waals surface area contributed by atoms with E-state index in [4.69, 9.17) is 9.47 Å². The molecule has 0 radical (unpaired) electrons. The number of hydrogen-bond donors (Lipinski definition) is 2. The van der Waals surface area contributed by atoms with E-state index < -0.39 is 18.0 Å². The number of fused-ring (bicyclic) bond motifs is 2. The van der Waals surface area contributed by atoms with Gasteiger partial charge in [0.15, 0.2) is 17.4 Å². The van der Waals surface area contributed by atoms with Gasteiger partial charge < -0.3 is 24.0 Å². The topological polar surface area (TPSA) is 166 Å². The minimum atomic E-state index is -0.917. The summed E-state index contributed by atoms with van der Waals surface area (Å²) in [5.74, 6) is -1.23.